The van der Waals surface area contributed by atoms with E-state index in [0.29, 0.717) is 0 Å². The molecule has 256 valence electrons. The maximum atomic E-state index is 2.90. The second kappa shape index (κ2) is 7.65. The van der Waals surface area contributed by atoms with Crippen molar-refractivity contribution in [3.8, 4) is 66.8 Å². The zero-order valence-corrected chi connectivity index (χ0v) is 32.3. The molecule has 0 atom stereocenters. The fourth-order valence-corrected chi connectivity index (χ4v) is 15.6. The topological polar surface area (TPSA) is 6.48 Å². The summed E-state index contributed by atoms with van der Waals surface area (Å²) in [6, 6.07) is 35.5. The van der Waals surface area contributed by atoms with Crippen LogP contribution in [0.4, 0.5) is 34.1 Å². The first-order chi connectivity index (χ1) is 28.4. The molecule has 0 spiro atoms. The normalized spacial score (nSPS) is 16.4. The number of aryl methyl sites for hydroxylation is 4. The highest BCUT2D eigenvalue weighted by Gasteiger charge is 2.63. The molecular weight excluding hydrogens is 696 g/mol. The van der Waals surface area contributed by atoms with Gasteiger partial charge >= 0.3 is 0 Å². The van der Waals surface area contributed by atoms with Crippen molar-refractivity contribution in [2.24, 2.45) is 0 Å². The molecule has 0 aliphatic carbocycles. The van der Waals surface area contributed by atoms with Crippen molar-refractivity contribution >= 4 is 127 Å². The molecule has 0 saturated heterocycles. The van der Waals surface area contributed by atoms with Crippen LogP contribution in [-0.4, -0.2) is 26.9 Å². The summed E-state index contributed by atoms with van der Waals surface area (Å²) in [5.41, 5.74) is 50.5. The van der Waals surface area contributed by atoms with E-state index >= 15 is 0 Å². The van der Waals surface area contributed by atoms with Crippen molar-refractivity contribution < 1.29 is 0 Å². The molecular formula is C52H26B4N2. The van der Waals surface area contributed by atoms with E-state index < -0.39 is 0 Å². The van der Waals surface area contributed by atoms with E-state index in [-0.39, 0.29) is 26.9 Å². The quantitative estimate of drug-likeness (QED) is 0.222. The fourth-order valence-electron chi connectivity index (χ4n) is 15.6. The summed E-state index contributed by atoms with van der Waals surface area (Å²) < 4.78 is 0. The molecule has 0 bridgehead atoms. The van der Waals surface area contributed by atoms with Gasteiger partial charge in [-0.2, -0.15) is 0 Å². The van der Waals surface area contributed by atoms with Crippen LogP contribution in [0, 0.1) is 27.7 Å². The first kappa shape index (κ1) is 27.3. The highest BCUT2D eigenvalue weighted by atomic mass is 15.3. The van der Waals surface area contributed by atoms with Crippen molar-refractivity contribution in [2.45, 2.75) is 27.7 Å². The largest absolute Gasteiger partial charge is 0.308 e. The standard InChI is InChI=1S/C52H26B4N2/c1-19-5-7-35-23(9-19)29-15-31-25-11-21(3)13-28-34-18-38-48-52-46(34)55(39(25)28)43(31)49-41(29)53(35)37-17-33-27-14-22(4)12-26-32-16-30-24-10-20(2)6-8-36(24)54(38)42(30)50-44(32)56(40(26)27)45(33)51(58(48)50)47(37)57(49)52/h5-18H,1-4H3. The Morgan fingerprint density at radius 3 is 1.02 bits per heavy atom. The second-order valence-corrected chi connectivity index (χ2v) is 19.7. The molecule has 19 rings (SSSR count). The summed E-state index contributed by atoms with van der Waals surface area (Å²) in [7, 11) is 0. The summed E-state index contributed by atoms with van der Waals surface area (Å²) >= 11 is 0. The Bertz CT molecular complexity index is 3530. The van der Waals surface area contributed by atoms with E-state index in [9.17, 15) is 0 Å². The van der Waals surface area contributed by atoms with Gasteiger partial charge in [-0.05, 0) is 161 Å². The van der Waals surface area contributed by atoms with Crippen LogP contribution in [0.15, 0.2) is 84.9 Å². The van der Waals surface area contributed by atoms with Crippen molar-refractivity contribution in [1.29, 1.82) is 0 Å². The molecule has 11 aliphatic rings. The third-order valence-electron chi connectivity index (χ3n) is 17.1. The monoisotopic (exact) mass is 722 g/mol. The number of fused-ring (bicyclic) bond motifs is 12. The Kier molecular flexibility index (Phi) is 3.60. The summed E-state index contributed by atoms with van der Waals surface area (Å²) in [4.78, 5) is 5.81. The minimum atomic E-state index is 0.203. The average molecular weight is 722 g/mol. The maximum Gasteiger partial charge on any atom is 0.249 e. The van der Waals surface area contributed by atoms with Gasteiger partial charge in [0.05, 0.1) is 22.7 Å². The van der Waals surface area contributed by atoms with Crippen molar-refractivity contribution in [3.05, 3.63) is 107 Å². The number of benzene rings is 8. The minimum absolute atomic E-state index is 0.203. The number of anilines is 6. The van der Waals surface area contributed by atoms with Crippen LogP contribution >= 0.6 is 0 Å². The van der Waals surface area contributed by atoms with Crippen LogP contribution in [0.3, 0.4) is 0 Å². The lowest BCUT2D eigenvalue weighted by Crippen LogP contribution is -2.67. The van der Waals surface area contributed by atoms with Gasteiger partial charge in [-0.25, -0.2) is 0 Å². The van der Waals surface area contributed by atoms with Gasteiger partial charge in [-0.3, -0.25) is 0 Å². The van der Waals surface area contributed by atoms with Gasteiger partial charge in [0.1, 0.15) is 0 Å². The van der Waals surface area contributed by atoms with Crippen LogP contribution < -0.4 is 75.4 Å². The van der Waals surface area contributed by atoms with E-state index in [4.69, 9.17) is 0 Å². The van der Waals surface area contributed by atoms with E-state index in [0.717, 1.165) is 0 Å². The van der Waals surface area contributed by atoms with Gasteiger partial charge in [0.2, 0.25) is 26.9 Å². The van der Waals surface area contributed by atoms with Crippen LogP contribution in [-0.2, 0) is 0 Å². The Morgan fingerprint density at radius 2 is 0.586 bits per heavy atom. The molecule has 8 aromatic carbocycles. The molecule has 6 heteroatoms. The number of hydrogen-bond acceptors (Lipinski definition) is 2. The lowest BCUT2D eigenvalue weighted by molar-refractivity contribution is 1.20. The number of hydrogen-bond donors (Lipinski definition) is 0. The first-order valence-electron chi connectivity index (χ1n) is 21.4. The summed E-state index contributed by atoms with van der Waals surface area (Å²) in [6.45, 7) is 10.2. The molecule has 0 radical (unpaired) electrons. The van der Waals surface area contributed by atoms with Crippen molar-refractivity contribution in [2.75, 3.05) is 9.80 Å². The molecule has 0 aromatic heterocycles. The molecule has 0 unspecified atom stereocenters. The molecule has 2 nitrogen and oxygen atoms in total. The Hall–Kier alpha value is -6.38. The molecule has 58 heavy (non-hydrogen) atoms. The van der Waals surface area contributed by atoms with Gasteiger partial charge in [0.25, 0.3) is 0 Å². The van der Waals surface area contributed by atoms with Crippen molar-refractivity contribution in [1.82, 2.24) is 0 Å². The van der Waals surface area contributed by atoms with E-state index in [1.54, 1.807) is 43.7 Å². The highest BCUT2D eigenvalue weighted by Crippen LogP contribution is 2.62. The predicted molar refractivity (Wildman–Crippen MR) is 247 cm³/mol. The van der Waals surface area contributed by atoms with Crippen LogP contribution in [0.25, 0.3) is 66.8 Å². The third-order valence-corrected chi connectivity index (χ3v) is 17.1. The Morgan fingerprint density at radius 1 is 0.259 bits per heavy atom. The predicted octanol–water partition coefficient (Wildman–Crippen LogP) is 3.37. The van der Waals surface area contributed by atoms with Gasteiger partial charge < -0.3 is 9.80 Å². The molecule has 0 fully saturated rings. The number of nitrogens with zero attached hydrogens (tertiary/aromatic N) is 2. The molecule has 0 N–H and O–H groups in total. The lowest BCUT2D eigenvalue weighted by atomic mass is 9.30. The smallest absolute Gasteiger partial charge is 0.249 e. The zero-order valence-electron chi connectivity index (χ0n) is 32.3. The third kappa shape index (κ3) is 2.26. The average Bonchev–Trinajstić information content (AvgIpc) is 4.04. The molecule has 0 amide bonds. The van der Waals surface area contributed by atoms with E-state index in [1.807, 2.05) is 0 Å². The van der Waals surface area contributed by atoms with E-state index in [1.165, 1.54) is 145 Å². The molecule has 11 heterocycles. The molecule has 8 aromatic rings. The first-order valence-corrected chi connectivity index (χ1v) is 21.4. The summed E-state index contributed by atoms with van der Waals surface area (Å²) in [5, 5.41) is 0. The van der Waals surface area contributed by atoms with Gasteiger partial charge in [-0.1, -0.05) is 106 Å². The fraction of sp³-hybridized carbons (Fsp3) is 0.0769. The maximum absolute atomic E-state index is 2.90. The highest BCUT2D eigenvalue weighted by molar-refractivity contribution is 7.11. The Balaban J connectivity index is 1.11. The Labute approximate surface area is 336 Å². The van der Waals surface area contributed by atoms with Crippen LogP contribution in [0.5, 0.6) is 0 Å². The molecule has 0 saturated carbocycles. The minimum Gasteiger partial charge on any atom is -0.308 e. The molecule has 11 aliphatic heterocycles. The van der Waals surface area contributed by atoms with E-state index in [2.05, 4.69) is 122 Å². The second-order valence-electron chi connectivity index (χ2n) is 19.7. The van der Waals surface area contributed by atoms with Crippen molar-refractivity contribution in [3.63, 3.8) is 0 Å². The lowest BCUT2D eigenvalue weighted by Gasteiger charge is -2.54. The zero-order chi connectivity index (χ0) is 37.0. The summed E-state index contributed by atoms with van der Waals surface area (Å²) in [6.07, 6.45) is 0. The van der Waals surface area contributed by atoms with Gasteiger partial charge in [0.15, 0.2) is 0 Å². The van der Waals surface area contributed by atoms with Crippen LogP contribution in [0.1, 0.15) is 22.3 Å². The summed E-state index contributed by atoms with van der Waals surface area (Å²) in [5.74, 6) is 0. The SMILES string of the molecule is Cc1ccc2c(c1)-c1cc3c4c5c1B2c1cc2c6c7c1N5c1c5c(cc8c1N7c1c7c(cc9c1B6c1c-9cc(C)cc1-2)-c1cc(C)ccc1B87)-c1cc(C)cc-3c1B45. The van der Waals surface area contributed by atoms with Gasteiger partial charge in [0, 0.05) is 11.4 Å². The van der Waals surface area contributed by atoms with Gasteiger partial charge in [-0.15, -0.1) is 0 Å². The number of rotatable bonds is 0. The van der Waals surface area contributed by atoms with Crippen LogP contribution in [0.2, 0.25) is 0 Å².